The van der Waals surface area contributed by atoms with Crippen LogP contribution in [0.2, 0.25) is 0 Å². The Morgan fingerprint density at radius 2 is 1.67 bits per heavy atom. The van der Waals surface area contributed by atoms with Crippen molar-refractivity contribution in [2.24, 2.45) is 0 Å². The largest absolute Gasteiger partial charge is 0.484 e. The second-order valence-corrected chi connectivity index (χ2v) is 10.2. The van der Waals surface area contributed by atoms with Crippen molar-refractivity contribution in [1.82, 2.24) is 10.3 Å². The molecule has 6 rings (SSSR count). The lowest BCUT2D eigenvalue weighted by Gasteiger charge is -2.26. The molecule has 0 saturated carbocycles. The van der Waals surface area contributed by atoms with Crippen LogP contribution in [0.5, 0.6) is 5.75 Å². The van der Waals surface area contributed by atoms with Crippen LogP contribution in [-0.2, 0) is 4.79 Å². The third-order valence-corrected chi connectivity index (χ3v) is 7.29. The van der Waals surface area contributed by atoms with E-state index in [1.54, 1.807) is 54.7 Å². The summed E-state index contributed by atoms with van der Waals surface area (Å²) >= 11 is 5.80. The first-order valence-corrected chi connectivity index (χ1v) is 13.9. The van der Waals surface area contributed by atoms with Gasteiger partial charge < -0.3 is 29.8 Å². The van der Waals surface area contributed by atoms with E-state index in [9.17, 15) is 14.7 Å². The summed E-state index contributed by atoms with van der Waals surface area (Å²) in [6, 6.07) is 31.8. The van der Waals surface area contributed by atoms with Gasteiger partial charge in [-0.3, -0.25) is 9.78 Å². The zero-order chi connectivity index (χ0) is 29.8. The number of carbonyl (C=O) groups excluding carboxylic acids is 1. The van der Waals surface area contributed by atoms with E-state index < -0.39 is 5.97 Å². The molecule has 43 heavy (non-hydrogen) atoms. The Morgan fingerprint density at radius 1 is 0.930 bits per heavy atom. The highest BCUT2D eigenvalue weighted by atomic mass is 32.1. The van der Waals surface area contributed by atoms with Crippen molar-refractivity contribution in [3.63, 3.8) is 0 Å². The molecule has 3 aromatic carbocycles. The summed E-state index contributed by atoms with van der Waals surface area (Å²) in [5, 5.41) is 16.0. The Bertz CT molecular complexity index is 1740. The van der Waals surface area contributed by atoms with Crippen molar-refractivity contribution in [3.05, 3.63) is 132 Å². The highest BCUT2D eigenvalue weighted by Crippen LogP contribution is 2.43. The van der Waals surface area contributed by atoms with Crippen molar-refractivity contribution in [2.45, 2.75) is 12.1 Å². The number of nitrogens with one attached hydrogen (secondary N) is 2. The molecule has 214 valence electrons. The van der Waals surface area contributed by atoms with Gasteiger partial charge in [-0.1, -0.05) is 36.4 Å². The number of hydrogen-bond acceptors (Lipinski definition) is 6. The fourth-order valence-corrected chi connectivity index (χ4v) is 5.28. The van der Waals surface area contributed by atoms with Crippen LogP contribution in [-0.4, -0.2) is 33.7 Å². The van der Waals surface area contributed by atoms with Crippen molar-refractivity contribution < 1.29 is 23.8 Å². The number of thiocarbonyl (C=S) groups is 1. The van der Waals surface area contributed by atoms with Crippen LogP contribution in [0.4, 0.5) is 11.4 Å². The number of amides is 1. The molecule has 0 bridgehead atoms. The van der Waals surface area contributed by atoms with Crippen LogP contribution in [0, 0.1) is 0 Å². The molecule has 0 radical (unpaired) electrons. The van der Waals surface area contributed by atoms with Gasteiger partial charge in [0.15, 0.2) is 11.7 Å². The van der Waals surface area contributed by atoms with Crippen LogP contribution in [0.25, 0.3) is 11.3 Å². The molecule has 1 saturated heterocycles. The second-order valence-electron chi connectivity index (χ2n) is 9.78. The maximum Gasteiger partial charge on any atom is 0.335 e. The number of rotatable bonds is 9. The van der Waals surface area contributed by atoms with E-state index in [0.717, 1.165) is 16.9 Å². The third kappa shape index (κ3) is 6.09. The van der Waals surface area contributed by atoms with Crippen LogP contribution < -0.4 is 20.3 Å². The van der Waals surface area contributed by atoms with Gasteiger partial charge in [-0.25, -0.2) is 4.79 Å². The molecule has 1 aliphatic heterocycles. The average Bonchev–Trinajstić information content (AvgIpc) is 3.66. The molecule has 0 aliphatic carbocycles. The number of aromatic carboxylic acids is 1. The molecular weight excluding hydrogens is 564 g/mol. The highest BCUT2D eigenvalue weighted by Gasteiger charge is 2.42. The molecule has 10 heteroatoms. The molecule has 3 N–H and O–H groups in total. The normalized spacial score (nSPS) is 16.0. The maximum atomic E-state index is 12.5. The lowest BCUT2D eigenvalue weighted by atomic mass is 10.0. The van der Waals surface area contributed by atoms with Crippen molar-refractivity contribution in [1.29, 1.82) is 0 Å². The number of pyridine rings is 1. The molecule has 5 aromatic rings. The first-order valence-electron chi connectivity index (χ1n) is 13.5. The standard InChI is InChI=1S/C33H26N4O5S/c38-29(20-41-25-6-2-1-3-7-25)35-23-13-15-24(16-14-23)37-31(30(36-33(37)43)26-8-4-5-19-34-26)28-18-17-27(42-28)21-9-11-22(12-10-21)32(39)40/h1-19,30-31H,20H2,(H,35,38)(H,36,43)(H,39,40)/t30-,31-/m1/s1. The predicted molar refractivity (Wildman–Crippen MR) is 166 cm³/mol. The number of furan rings is 1. The van der Waals surface area contributed by atoms with Crippen LogP contribution >= 0.6 is 12.2 Å². The van der Waals surface area contributed by atoms with Gasteiger partial charge in [0.1, 0.15) is 23.3 Å². The van der Waals surface area contributed by atoms with Gasteiger partial charge >= 0.3 is 5.97 Å². The number of carboxylic acids is 1. The zero-order valence-corrected chi connectivity index (χ0v) is 23.5. The minimum Gasteiger partial charge on any atom is -0.484 e. The van der Waals surface area contributed by atoms with Crippen LogP contribution in [0.3, 0.4) is 0 Å². The van der Waals surface area contributed by atoms with Gasteiger partial charge in [0.05, 0.1) is 17.3 Å². The Hall–Kier alpha value is -5.48. The Kier molecular flexibility index (Phi) is 7.84. The number of ether oxygens (including phenoxy) is 1. The van der Waals surface area contributed by atoms with Crippen LogP contribution in [0.1, 0.15) is 33.9 Å². The number of nitrogens with zero attached hydrogens (tertiary/aromatic N) is 2. The molecule has 0 unspecified atom stereocenters. The molecule has 1 fully saturated rings. The van der Waals surface area contributed by atoms with Gasteiger partial charge in [-0.15, -0.1) is 0 Å². The predicted octanol–water partition coefficient (Wildman–Crippen LogP) is 6.23. The van der Waals surface area contributed by atoms with Crippen molar-refractivity contribution >= 4 is 40.6 Å². The topological polar surface area (TPSA) is 117 Å². The summed E-state index contributed by atoms with van der Waals surface area (Å²) in [5.41, 5.74) is 3.16. The molecule has 9 nitrogen and oxygen atoms in total. The summed E-state index contributed by atoms with van der Waals surface area (Å²) in [7, 11) is 0. The highest BCUT2D eigenvalue weighted by molar-refractivity contribution is 7.80. The Balaban J connectivity index is 1.25. The van der Waals surface area contributed by atoms with Crippen LogP contribution in [0.15, 0.2) is 120 Å². The third-order valence-electron chi connectivity index (χ3n) is 6.98. The fourth-order valence-electron chi connectivity index (χ4n) is 4.93. The zero-order valence-electron chi connectivity index (χ0n) is 22.7. The SMILES string of the molecule is O=C(COc1ccccc1)Nc1ccc(N2C(=S)N[C@H](c3ccccn3)[C@H]2c2ccc(-c3ccc(C(=O)O)cc3)o2)cc1. The number of para-hydroxylation sites is 1. The Morgan fingerprint density at radius 3 is 2.37 bits per heavy atom. The van der Waals surface area contributed by atoms with E-state index in [4.69, 9.17) is 21.4 Å². The number of carbonyl (C=O) groups is 2. The Labute approximate surface area is 252 Å². The summed E-state index contributed by atoms with van der Waals surface area (Å²) in [5.74, 6) is 0.602. The van der Waals surface area contributed by atoms with Crippen molar-refractivity contribution in [2.75, 3.05) is 16.8 Å². The quantitative estimate of drug-likeness (QED) is 0.172. The molecule has 1 aliphatic rings. The number of benzene rings is 3. The van der Waals surface area contributed by atoms with Gasteiger partial charge in [0.25, 0.3) is 5.91 Å². The summed E-state index contributed by atoms with van der Waals surface area (Å²) in [4.78, 5) is 30.3. The van der Waals surface area contributed by atoms with E-state index >= 15 is 0 Å². The van der Waals surface area contributed by atoms with E-state index in [1.165, 1.54) is 0 Å². The fraction of sp³-hybridized carbons (Fsp3) is 0.0909. The van der Waals surface area contributed by atoms with E-state index in [2.05, 4.69) is 15.6 Å². The smallest absolute Gasteiger partial charge is 0.335 e. The molecule has 1 amide bonds. The lowest BCUT2D eigenvalue weighted by molar-refractivity contribution is -0.118. The molecule has 0 spiro atoms. The first kappa shape index (κ1) is 27.7. The summed E-state index contributed by atoms with van der Waals surface area (Å²) in [6.07, 6.45) is 1.73. The number of anilines is 2. The molecular formula is C33H26N4O5S. The van der Waals surface area contributed by atoms with E-state index in [1.807, 2.05) is 65.6 Å². The van der Waals surface area contributed by atoms with E-state index in [-0.39, 0.29) is 30.2 Å². The number of carboxylic acid groups (broad SMARTS) is 1. The number of aromatic nitrogens is 1. The van der Waals surface area contributed by atoms with Crippen molar-refractivity contribution in [3.8, 4) is 17.1 Å². The molecule has 3 heterocycles. The minimum absolute atomic E-state index is 0.112. The van der Waals surface area contributed by atoms with Gasteiger partial charge in [-0.2, -0.15) is 0 Å². The van der Waals surface area contributed by atoms with E-state index in [0.29, 0.717) is 28.1 Å². The van der Waals surface area contributed by atoms with Gasteiger partial charge in [0, 0.05) is 23.1 Å². The molecule has 2 aromatic heterocycles. The monoisotopic (exact) mass is 590 g/mol. The summed E-state index contributed by atoms with van der Waals surface area (Å²) in [6.45, 7) is -0.112. The lowest BCUT2D eigenvalue weighted by Crippen LogP contribution is -2.29. The second kappa shape index (κ2) is 12.2. The average molecular weight is 591 g/mol. The first-order chi connectivity index (χ1) is 21.0. The minimum atomic E-state index is -0.989. The molecule has 2 atom stereocenters. The number of hydrogen-bond donors (Lipinski definition) is 3. The maximum absolute atomic E-state index is 12.5. The summed E-state index contributed by atoms with van der Waals surface area (Å²) < 4.78 is 11.9. The van der Waals surface area contributed by atoms with Gasteiger partial charge in [0.2, 0.25) is 0 Å². The van der Waals surface area contributed by atoms with Gasteiger partial charge in [-0.05, 0) is 85.0 Å².